The Kier molecular flexibility index (Phi) is 4.90. The average molecular weight is 333 g/mol. The van der Waals surface area contributed by atoms with Gasteiger partial charge in [0.25, 0.3) is 5.91 Å². The molecule has 0 aliphatic carbocycles. The fourth-order valence-corrected chi connectivity index (χ4v) is 3.28. The van der Waals surface area contributed by atoms with E-state index in [0.29, 0.717) is 18.1 Å². The third kappa shape index (κ3) is 3.52. The lowest BCUT2D eigenvalue weighted by atomic mass is 10.1. The average Bonchev–Trinajstić information content (AvgIpc) is 3.24. The van der Waals surface area contributed by atoms with E-state index >= 15 is 0 Å². The molecule has 3 rings (SSSR count). The fraction of sp³-hybridized carbons (Fsp3) is 0.375. The number of carbonyl (C=O) groups excluding carboxylic acids is 1. The Morgan fingerprint density at radius 1 is 1.48 bits per heavy atom. The number of rotatable bonds is 5. The smallest absolute Gasteiger partial charge is 0.255 e. The Morgan fingerprint density at radius 2 is 2.30 bits per heavy atom. The summed E-state index contributed by atoms with van der Waals surface area (Å²) in [5, 5.41) is 5.26. The summed E-state index contributed by atoms with van der Waals surface area (Å²) in [6.45, 7) is 0.443. The Labute approximate surface area is 138 Å². The lowest BCUT2D eigenvalue weighted by Crippen LogP contribution is -2.29. The summed E-state index contributed by atoms with van der Waals surface area (Å²) in [5.74, 6) is 0.586. The zero-order valence-electron chi connectivity index (χ0n) is 12.8. The van der Waals surface area contributed by atoms with Gasteiger partial charge in [0.1, 0.15) is 11.9 Å². The number of benzene rings is 1. The Morgan fingerprint density at radius 3 is 3.04 bits per heavy atom. The number of hydrogen-bond donors (Lipinski definition) is 2. The van der Waals surface area contributed by atoms with Gasteiger partial charge in [-0.15, -0.1) is 11.3 Å². The molecule has 1 aliphatic rings. The van der Waals surface area contributed by atoms with Gasteiger partial charge in [0.2, 0.25) is 0 Å². The number of nitrogens with two attached hydrogens (primary N) is 1. The molecule has 3 N–H and O–H groups in total. The number of hydrogen-bond acceptors (Lipinski definition) is 6. The van der Waals surface area contributed by atoms with E-state index in [-0.39, 0.29) is 12.0 Å². The third-order valence-electron chi connectivity index (χ3n) is 3.78. The maximum atomic E-state index is 12.2. The zero-order chi connectivity index (χ0) is 16.2. The minimum absolute atomic E-state index is 0.0221. The minimum atomic E-state index is -0.442. The number of carbonyl (C=O) groups is 1. The van der Waals surface area contributed by atoms with Gasteiger partial charge in [-0.3, -0.25) is 10.1 Å². The van der Waals surface area contributed by atoms with Gasteiger partial charge in [-0.05, 0) is 25.0 Å². The van der Waals surface area contributed by atoms with E-state index in [1.807, 2.05) is 29.6 Å². The number of amides is 1. The lowest BCUT2D eigenvalue weighted by molar-refractivity contribution is -0.126. The highest BCUT2D eigenvalue weighted by Crippen LogP contribution is 2.32. The molecule has 0 spiro atoms. The van der Waals surface area contributed by atoms with Gasteiger partial charge in [-0.1, -0.05) is 12.1 Å². The third-order valence-corrected chi connectivity index (χ3v) is 4.54. The van der Waals surface area contributed by atoms with Crippen LogP contribution in [0.4, 0.5) is 5.13 Å². The molecule has 1 aliphatic heterocycles. The van der Waals surface area contributed by atoms with Crippen LogP contribution in [0.2, 0.25) is 0 Å². The van der Waals surface area contributed by atoms with Gasteiger partial charge in [-0.25, -0.2) is 4.98 Å². The molecule has 6 nitrogen and oxygen atoms in total. The van der Waals surface area contributed by atoms with Crippen LogP contribution in [0.25, 0.3) is 11.3 Å². The van der Waals surface area contributed by atoms with Crippen LogP contribution in [0.5, 0.6) is 5.75 Å². The number of nitrogens with one attached hydrogen (secondary N) is 1. The highest BCUT2D eigenvalue weighted by atomic mass is 32.1. The second-order valence-electron chi connectivity index (χ2n) is 5.29. The van der Waals surface area contributed by atoms with Gasteiger partial charge in [0.05, 0.1) is 18.9 Å². The van der Waals surface area contributed by atoms with E-state index in [1.165, 1.54) is 11.3 Å². The number of anilines is 1. The van der Waals surface area contributed by atoms with Crippen LogP contribution in [0.3, 0.4) is 0 Å². The van der Waals surface area contributed by atoms with Crippen LogP contribution in [-0.4, -0.2) is 36.8 Å². The highest BCUT2D eigenvalue weighted by molar-refractivity contribution is 7.14. The summed E-state index contributed by atoms with van der Waals surface area (Å²) < 4.78 is 10.9. The Balaban J connectivity index is 1.69. The number of nitrogens with zero attached hydrogens (tertiary/aromatic N) is 1. The fourth-order valence-electron chi connectivity index (χ4n) is 2.57. The van der Waals surface area contributed by atoms with Crippen molar-refractivity contribution in [2.75, 3.05) is 19.0 Å². The van der Waals surface area contributed by atoms with E-state index < -0.39 is 6.10 Å². The molecule has 122 valence electrons. The molecule has 1 fully saturated rings. The van der Waals surface area contributed by atoms with E-state index in [9.17, 15) is 4.79 Å². The first-order chi connectivity index (χ1) is 11.2. The van der Waals surface area contributed by atoms with Crippen LogP contribution in [0.1, 0.15) is 12.8 Å². The first-order valence-corrected chi connectivity index (χ1v) is 8.34. The maximum Gasteiger partial charge on any atom is 0.255 e. The molecule has 2 atom stereocenters. The lowest BCUT2D eigenvalue weighted by Gasteiger charge is -2.11. The molecule has 1 aromatic carbocycles. The first kappa shape index (κ1) is 15.9. The Hall–Kier alpha value is -1.96. The van der Waals surface area contributed by atoms with Crippen molar-refractivity contribution in [3.63, 3.8) is 0 Å². The SMILES string of the molecule is COc1ccccc1-c1csc(NC(=O)[C@@H]2CC[C@H](CN)O2)n1. The van der Waals surface area contributed by atoms with Gasteiger partial charge in [0, 0.05) is 17.5 Å². The van der Waals surface area contributed by atoms with Gasteiger partial charge in [-0.2, -0.15) is 0 Å². The van der Waals surface area contributed by atoms with Crippen LogP contribution >= 0.6 is 11.3 Å². The predicted molar refractivity (Wildman–Crippen MR) is 89.7 cm³/mol. The van der Waals surface area contributed by atoms with E-state index in [0.717, 1.165) is 23.4 Å². The topological polar surface area (TPSA) is 86.5 Å². The number of methoxy groups -OCH3 is 1. The van der Waals surface area contributed by atoms with Crippen molar-refractivity contribution in [3.05, 3.63) is 29.6 Å². The number of aromatic nitrogens is 1. The van der Waals surface area contributed by atoms with Crippen molar-refractivity contribution in [1.82, 2.24) is 4.98 Å². The molecule has 7 heteroatoms. The number of ether oxygens (including phenoxy) is 2. The minimum Gasteiger partial charge on any atom is -0.496 e. The molecule has 0 unspecified atom stereocenters. The molecule has 2 heterocycles. The van der Waals surface area contributed by atoms with Crippen LogP contribution in [0.15, 0.2) is 29.6 Å². The van der Waals surface area contributed by atoms with Crippen molar-refractivity contribution < 1.29 is 14.3 Å². The highest BCUT2D eigenvalue weighted by Gasteiger charge is 2.30. The largest absolute Gasteiger partial charge is 0.496 e. The standard InChI is InChI=1S/C16H19N3O3S/c1-21-13-5-3-2-4-11(13)12-9-23-16(18-12)19-15(20)14-7-6-10(8-17)22-14/h2-5,9-10,14H,6-8,17H2,1H3,(H,18,19,20)/t10-,14+/m1/s1. The van der Waals surface area contributed by atoms with Crippen molar-refractivity contribution in [2.24, 2.45) is 5.73 Å². The monoisotopic (exact) mass is 333 g/mol. The van der Waals surface area contributed by atoms with Crippen LogP contribution in [-0.2, 0) is 9.53 Å². The number of thiazole rings is 1. The van der Waals surface area contributed by atoms with Crippen LogP contribution in [0, 0.1) is 0 Å². The zero-order valence-corrected chi connectivity index (χ0v) is 13.6. The summed E-state index contributed by atoms with van der Waals surface area (Å²) in [7, 11) is 1.62. The second kappa shape index (κ2) is 7.08. The Bertz CT molecular complexity index is 689. The maximum absolute atomic E-state index is 12.2. The summed E-state index contributed by atoms with van der Waals surface area (Å²) in [5.41, 5.74) is 7.23. The van der Waals surface area contributed by atoms with E-state index in [4.69, 9.17) is 15.2 Å². The molecule has 0 saturated carbocycles. The molecule has 23 heavy (non-hydrogen) atoms. The molecule has 1 saturated heterocycles. The normalized spacial score (nSPS) is 20.4. The van der Waals surface area contributed by atoms with Gasteiger partial charge in [0.15, 0.2) is 5.13 Å². The quantitative estimate of drug-likeness (QED) is 0.876. The molecule has 0 radical (unpaired) electrons. The second-order valence-corrected chi connectivity index (χ2v) is 6.15. The molecular weight excluding hydrogens is 314 g/mol. The molecular formula is C16H19N3O3S. The number of para-hydroxylation sites is 1. The molecule has 0 bridgehead atoms. The summed E-state index contributed by atoms with van der Waals surface area (Å²) in [6, 6.07) is 7.65. The van der Waals surface area contributed by atoms with Crippen molar-refractivity contribution in [1.29, 1.82) is 0 Å². The summed E-state index contributed by atoms with van der Waals surface area (Å²) >= 11 is 1.38. The van der Waals surface area contributed by atoms with Crippen molar-refractivity contribution >= 4 is 22.4 Å². The van der Waals surface area contributed by atoms with E-state index in [2.05, 4.69) is 10.3 Å². The van der Waals surface area contributed by atoms with Gasteiger partial charge >= 0.3 is 0 Å². The molecule has 1 amide bonds. The van der Waals surface area contributed by atoms with Crippen molar-refractivity contribution in [3.8, 4) is 17.0 Å². The van der Waals surface area contributed by atoms with E-state index in [1.54, 1.807) is 7.11 Å². The van der Waals surface area contributed by atoms with Gasteiger partial charge < -0.3 is 15.2 Å². The summed E-state index contributed by atoms with van der Waals surface area (Å²) in [6.07, 6.45) is 1.05. The predicted octanol–water partition coefficient (Wildman–Crippen LogP) is 2.26. The van der Waals surface area contributed by atoms with Crippen LogP contribution < -0.4 is 15.8 Å². The first-order valence-electron chi connectivity index (χ1n) is 7.46. The molecule has 2 aromatic rings. The summed E-state index contributed by atoms with van der Waals surface area (Å²) in [4.78, 5) is 16.7. The van der Waals surface area contributed by atoms with Crippen molar-refractivity contribution in [2.45, 2.75) is 25.0 Å². The molecule has 1 aromatic heterocycles.